The molecule has 1 aromatic rings. The Morgan fingerprint density at radius 3 is 2.81 bits per heavy atom. The number of nitrogens with zero attached hydrogens (tertiary/aromatic N) is 2. The Morgan fingerprint density at radius 2 is 2.19 bits per heavy atom. The van der Waals surface area contributed by atoms with Crippen LogP contribution in [0.3, 0.4) is 0 Å². The Morgan fingerprint density at radius 1 is 1.44 bits per heavy atom. The SMILES string of the molecule is CNc1cc(NC(C)CCN(C)C)ccn1. The highest BCUT2D eigenvalue weighted by Crippen LogP contribution is 2.13. The van der Waals surface area contributed by atoms with Gasteiger partial charge in [0.15, 0.2) is 0 Å². The summed E-state index contributed by atoms with van der Waals surface area (Å²) in [6.45, 7) is 3.29. The standard InChI is InChI=1S/C12H22N4/c1-10(6-8-16(3)4)15-11-5-7-14-12(9-11)13-2/h5,7,9-10H,6,8H2,1-4H3,(H2,13,14,15). The van der Waals surface area contributed by atoms with Crippen LogP contribution in [0.5, 0.6) is 0 Å². The van der Waals surface area contributed by atoms with Crippen molar-refractivity contribution in [3.05, 3.63) is 18.3 Å². The molecule has 0 radical (unpaired) electrons. The van der Waals surface area contributed by atoms with E-state index >= 15 is 0 Å². The quantitative estimate of drug-likeness (QED) is 0.771. The van der Waals surface area contributed by atoms with Crippen molar-refractivity contribution in [3.8, 4) is 0 Å². The van der Waals surface area contributed by atoms with Crippen LogP contribution in [-0.4, -0.2) is 43.6 Å². The first-order valence-corrected chi connectivity index (χ1v) is 5.67. The maximum atomic E-state index is 4.18. The summed E-state index contributed by atoms with van der Waals surface area (Å²) in [7, 11) is 6.07. The number of pyridine rings is 1. The summed E-state index contributed by atoms with van der Waals surface area (Å²) in [6, 6.07) is 4.48. The predicted molar refractivity (Wildman–Crippen MR) is 70.0 cm³/mol. The highest BCUT2D eigenvalue weighted by atomic mass is 15.1. The molecule has 0 aliphatic rings. The van der Waals surface area contributed by atoms with Crippen molar-refractivity contribution in [3.63, 3.8) is 0 Å². The van der Waals surface area contributed by atoms with Gasteiger partial charge >= 0.3 is 0 Å². The summed E-state index contributed by atoms with van der Waals surface area (Å²) in [5, 5.41) is 6.50. The van der Waals surface area contributed by atoms with Crippen LogP contribution in [0.15, 0.2) is 18.3 Å². The lowest BCUT2D eigenvalue weighted by Gasteiger charge is -2.18. The molecular weight excluding hydrogens is 200 g/mol. The second kappa shape index (κ2) is 6.33. The summed E-state index contributed by atoms with van der Waals surface area (Å²) in [5.74, 6) is 0.893. The molecule has 16 heavy (non-hydrogen) atoms. The molecule has 0 amide bonds. The van der Waals surface area contributed by atoms with E-state index in [1.165, 1.54) is 0 Å². The fraction of sp³-hybridized carbons (Fsp3) is 0.583. The third-order valence-electron chi connectivity index (χ3n) is 2.44. The maximum absolute atomic E-state index is 4.18. The van der Waals surface area contributed by atoms with E-state index in [9.17, 15) is 0 Å². The van der Waals surface area contributed by atoms with Gasteiger partial charge in [0.25, 0.3) is 0 Å². The number of rotatable bonds is 6. The third-order valence-corrected chi connectivity index (χ3v) is 2.44. The van der Waals surface area contributed by atoms with Gasteiger partial charge in [0.1, 0.15) is 5.82 Å². The summed E-state index contributed by atoms with van der Waals surface area (Å²) < 4.78 is 0. The van der Waals surface area contributed by atoms with E-state index in [1.54, 1.807) is 0 Å². The molecule has 0 aromatic carbocycles. The molecule has 0 saturated carbocycles. The molecule has 0 aliphatic carbocycles. The van der Waals surface area contributed by atoms with Gasteiger partial charge in [-0.15, -0.1) is 0 Å². The van der Waals surface area contributed by atoms with E-state index in [1.807, 2.05) is 25.4 Å². The van der Waals surface area contributed by atoms with Crippen LogP contribution in [-0.2, 0) is 0 Å². The minimum Gasteiger partial charge on any atom is -0.382 e. The number of nitrogens with one attached hydrogen (secondary N) is 2. The van der Waals surface area contributed by atoms with Gasteiger partial charge in [-0.05, 0) is 40.1 Å². The zero-order valence-corrected chi connectivity index (χ0v) is 10.6. The van der Waals surface area contributed by atoms with Crippen LogP contribution >= 0.6 is 0 Å². The average molecular weight is 222 g/mol. The van der Waals surface area contributed by atoms with Crippen LogP contribution in [0.1, 0.15) is 13.3 Å². The maximum Gasteiger partial charge on any atom is 0.127 e. The van der Waals surface area contributed by atoms with Crippen molar-refractivity contribution in [2.45, 2.75) is 19.4 Å². The molecule has 2 N–H and O–H groups in total. The molecule has 1 heterocycles. The van der Waals surface area contributed by atoms with Gasteiger partial charge in [-0.2, -0.15) is 0 Å². The predicted octanol–water partition coefficient (Wildman–Crippen LogP) is 1.88. The van der Waals surface area contributed by atoms with Crippen molar-refractivity contribution in [1.29, 1.82) is 0 Å². The second-order valence-electron chi connectivity index (χ2n) is 4.32. The molecule has 0 spiro atoms. The van der Waals surface area contributed by atoms with Crippen molar-refractivity contribution in [2.75, 3.05) is 38.3 Å². The van der Waals surface area contributed by atoms with Gasteiger partial charge in [-0.3, -0.25) is 0 Å². The molecule has 0 aliphatic heterocycles. The van der Waals surface area contributed by atoms with E-state index in [4.69, 9.17) is 0 Å². The van der Waals surface area contributed by atoms with E-state index in [-0.39, 0.29) is 0 Å². The average Bonchev–Trinajstić information content (AvgIpc) is 2.26. The lowest BCUT2D eigenvalue weighted by molar-refractivity contribution is 0.390. The highest BCUT2D eigenvalue weighted by Gasteiger charge is 2.03. The summed E-state index contributed by atoms with van der Waals surface area (Å²) in [5.41, 5.74) is 1.12. The van der Waals surface area contributed by atoms with Gasteiger partial charge in [-0.25, -0.2) is 4.98 Å². The Hall–Kier alpha value is -1.29. The van der Waals surface area contributed by atoms with E-state index in [0.29, 0.717) is 6.04 Å². The Labute approximate surface area is 98.1 Å². The van der Waals surface area contributed by atoms with E-state index in [2.05, 4.69) is 41.5 Å². The smallest absolute Gasteiger partial charge is 0.127 e. The Kier molecular flexibility index (Phi) is 5.05. The summed E-state index contributed by atoms with van der Waals surface area (Å²) in [6.07, 6.45) is 2.94. The molecular formula is C12H22N4. The van der Waals surface area contributed by atoms with Crippen molar-refractivity contribution in [1.82, 2.24) is 9.88 Å². The normalized spacial score (nSPS) is 12.6. The van der Waals surface area contributed by atoms with Crippen molar-refractivity contribution < 1.29 is 0 Å². The monoisotopic (exact) mass is 222 g/mol. The van der Waals surface area contributed by atoms with Gasteiger partial charge in [0.05, 0.1) is 0 Å². The number of hydrogen-bond acceptors (Lipinski definition) is 4. The van der Waals surface area contributed by atoms with Crippen LogP contribution in [0.2, 0.25) is 0 Å². The Bertz CT molecular complexity index is 312. The first kappa shape index (κ1) is 12.8. The van der Waals surface area contributed by atoms with Gasteiger partial charge in [-0.1, -0.05) is 0 Å². The molecule has 0 fully saturated rings. The molecule has 1 rings (SSSR count). The van der Waals surface area contributed by atoms with E-state index < -0.39 is 0 Å². The second-order valence-corrected chi connectivity index (χ2v) is 4.32. The highest BCUT2D eigenvalue weighted by molar-refractivity contribution is 5.51. The first-order valence-electron chi connectivity index (χ1n) is 5.67. The first-order chi connectivity index (χ1) is 7.61. The molecule has 90 valence electrons. The molecule has 4 nitrogen and oxygen atoms in total. The third kappa shape index (κ3) is 4.49. The summed E-state index contributed by atoms with van der Waals surface area (Å²) >= 11 is 0. The molecule has 1 atom stereocenters. The molecule has 0 saturated heterocycles. The summed E-state index contributed by atoms with van der Waals surface area (Å²) in [4.78, 5) is 6.38. The zero-order chi connectivity index (χ0) is 12.0. The largest absolute Gasteiger partial charge is 0.382 e. The van der Waals surface area contributed by atoms with Crippen molar-refractivity contribution in [2.24, 2.45) is 0 Å². The molecule has 1 unspecified atom stereocenters. The van der Waals surface area contributed by atoms with E-state index in [0.717, 1.165) is 24.5 Å². The topological polar surface area (TPSA) is 40.2 Å². The van der Waals surface area contributed by atoms with Crippen LogP contribution in [0.25, 0.3) is 0 Å². The lowest BCUT2D eigenvalue weighted by Crippen LogP contribution is -2.23. The lowest BCUT2D eigenvalue weighted by atomic mass is 10.2. The minimum absolute atomic E-state index is 0.467. The molecule has 1 aromatic heterocycles. The van der Waals surface area contributed by atoms with Crippen molar-refractivity contribution >= 4 is 11.5 Å². The van der Waals surface area contributed by atoms with Gasteiger partial charge in [0.2, 0.25) is 0 Å². The minimum atomic E-state index is 0.467. The fourth-order valence-corrected chi connectivity index (χ4v) is 1.47. The number of aromatic nitrogens is 1. The van der Waals surface area contributed by atoms with Gasteiger partial charge < -0.3 is 15.5 Å². The molecule has 4 heteroatoms. The van der Waals surface area contributed by atoms with Crippen LogP contribution in [0, 0.1) is 0 Å². The van der Waals surface area contributed by atoms with Crippen LogP contribution < -0.4 is 10.6 Å². The van der Waals surface area contributed by atoms with Crippen LogP contribution in [0.4, 0.5) is 11.5 Å². The van der Waals surface area contributed by atoms with Gasteiger partial charge in [0, 0.05) is 31.0 Å². The molecule has 0 bridgehead atoms. The fourth-order valence-electron chi connectivity index (χ4n) is 1.47. The Balaban J connectivity index is 2.45. The number of hydrogen-bond donors (Lipinski definition) is 2. The number of anilines is 2. The zero-order valence-electron chi connectivity index (χ0n) is 10.6.